The summed E-state index contributed by atoms with van der Waals surface area (Å²) < 4.78 is 59.2. The summed E-state index contributed by atoms with van der Waals surface area (Å²) in [5.41, 5.74) is 1.22. The van der Waals surface area contributed by atoms with Crippen LogP contribution in [-0.4, -0.2) is 14.1 Å². The molecular weight excluding hydrogens is 257 g/mol. The molecule has 0 unspecified atom stereocenters. The van der Waals surface area contributed by atoms with E-state index in [0.29, 0.717) is 0 Å². The van der Waals surface area contributed by atoms with Crippen molar-refractivity contribution in [3.63, 3.8) is 0 Å². The predicted molar refractivity (Wildman–Crippen MR) is 50.9 cm³/mol. The van der Waals surface area contributed by atoms with Gasteiger partial charge in [0.05, 0.1) is 0 Å². The quantitative estimate of drug-likeness (QED) is 0.557. The van der Waals surface area contributed by atoms with E-state index in [1.807, 2.05) is 38.6 Å². The van der Waals surface area contributed by atoms with Crippen LogP contribution in [0.5, 0.6) is 0 Å². The van der Waals surface area contributed by atoms with Gasteiger partial charge in [0.15, 0.2) is 12.4 Å². The molecule has 0 spiro atoms. The molecule has 1 aromatic heterocycles. The molecule has 0 bridgehead atoms. The summed E-state index contributed by atoms with van der Waals surface area (Å²) in [5, 5.41) is 0. The molecule has 2 nitrogen and oxygen atoms in total. The summed E-state index contributed by atoms with van der Waals surface area (Å²) in [6.07, 6.45) is 3.82. The Morgan fingerprint density at radius 2 is 1.25 bits per heavy atom. The van der Waals surface area contributed by atoms with E-state index in [2.05, 4.69) is 9.88 Å². The van der Waals surface area contributed by atoms with Crippen molar-refractivity contribution in [2.24, 2.45) is 0 Å². The fraction of sp³-hybridized carbons (Fsp3) is 0.286. The molecule has 0 amide bonds. The number of nitrogens with one attached hydrogen (secondary N) is 1. The van der Waals surface area contributed by atoms with Crippen molar-refractivity contribution in [1.82, 2.24) is 0 Å². The minimum atomic E-state index is -10.7. The second kappa shape index (κ2) is 3.76. The van der Waals surface area contributed by atoms with Crippen LogP contribution in [0.2, 0.25) is 0 Å². The van der Waals surface area contributed by atoms with Crippen LogP contribution in [0.3, 0.4) is 0 Å². The van der Waals surface area contributed by atoms with Gasteiger partial charge in [-0.15, -0.1) is 0 Å². The first-order valence-corrected chi connectivity index (χ1v) is 5.98. The molecule has 1 aromatic rings. The number of hydrogen-bond acceptors (Lipinski definition) is 1. The molecule has 9 heteroatoms. The number of nitrogens with zero attached hydrogens (tertiary/aromatic N) is 1. The molecule has 0 aliphatic carbocycles. The Morgan fingerprint density at radius 3 is 1.44 bits per heavy atom. The summed E-state index contributed by atoms with van der Waals surface area (Å²) >= 11 is 0. The maximum atomic E-state index is 9.87. The number of rotatable bonds is 1. The Morgan fingerprint density at radius 1 is 0.938 bits per heavy atom. The first-order chi connectivity index (χ1) is 6.75. The zero-order chi connectivity index (χ0) is 13.1. The van der Waals surface area contributed by atoms with Crippen LogP contribution in [0.1, 0.15) is 0 Å². The van der Waals surface area contributed by atoms with Crippen molar-refractivity contribution in [3.8, 4) is 0 Å². The number of pyridine rings is 1. The molecule has 0 atom stereocenters. The predicted octanol–water partition coefficient (Wildman–Crippen LogP) is 3.95. The molecule has 1 N–H and O–H groups in total. The zero-order valence-corrected chi connectivity index (χ0v) is 9.37. The van der Waals surface area contributed by atoms with Crippen LogP contribution >= 0.6 is 7.81 Å². The van der Waals surface area contributed by atoms with E-state index in [1.54, 1.807) is 0 Å². The van der Waals surface area contributed by atoms with Gasteiger partial charge < -0.3 is 4.90 Å². The molecule has 0 aliphatic heterocycles. The molecule has 0 radical (unpaired) electrons. The number of H-pyrrole nitrogens is 1. The second-order valence-electron chi connectivity index (χ2n) is 3.11. The molecule has 0 saturated carbocycles. The fourth-order valence-electron chi connectivity index (χ4n) is 0.676. The molecule has 0 aliphatic rings. The van der Waals surface area contributed by atoms with Crippen LogP contribution in [0.25, 0.3) is 0 Å². The van der Waals surface area contributed by atoms with Crippen LogP contribution in [0.15, 0.2) is 24.5 Å². The molecule has 1 rings (SSSR count). The van der Waals surface area contributed by atoms with E-state index in [0.717, 1.165) is 0 Å². The van der Waals surface area contributed by atoms with Gasteiger partial charge in [-0.25, -0.2) is 4.98 Å². The van der Waals surface area contributed by atoms with Crippen molar-refractivity contribution < 1.29 is 30.2 Å². The summed E-state index contributed by atoms with van der Waals surface area (Å²) in [5.74, 6) is 0. The van der Waals surface area contributed by atoms with E-state index in [9.17, 15) is 25.2 Å². The summed E-state index contributed by atoms with van der Waals surface area (Å²) in [7, 11) is -6.61. The van der Waals surface area contributed by atoms with E-state index >= 15 is 0 Å². The van der Waals surface area contributed by atoms with Gasteiger partial charge in [0, 0.05) is 31.9 Å². The standard InChI is InChI=1S/C7H10N2.F6P/c1-9(2)7-3-5-8-6-4-7;1-7(2,3,4,5)6/h3-6H,1-2H3;/q;-1/p+1. The zero-order valence-electron chi connectivity index (χ0n) is 8.47. The maximum absolute atomic E-state index is 10.7. The third-order valence-electron chi connectivity index (χ3n) is 1.22. The normalized spacial score (nSPS) is 15.2. The average molecular weight is 268 g/mol. The third-order valence-corrected chi connectivity index (χ3v) is 1.22. The van der Waals surface area contributed by atoms with E-state index in [-0.39, 0.29) is 0 Å². The van der Waals surface area contributed by atoms with Crippen LogP contribution < -0.4 is 9.88 Å². The van der Waals surface area contributed by atoms with Gasteiger partial charge in [-0.3, -0.25) is 0 Å². The number of halogens is 6. The van der Waals surface area contributed by atoms with Gasteiger partial charge in [0.2, 0.25) is 0 Å². The van der Waals surface area contributed by atoms with Crippen molar-refractivity contribution in [2.75, 3.05) is 19.0 Å². The second-order valence-corrected chi connectivity index (χ2v) is 5.03. The fourth-order valence-corrected chi connectivity index (χ4v) is 0.676. The average Bonchev–Trinajstić information content (AvgIpc) is 2.00. The van der Waals surface area contributed by atoms with Crippen molar-refractivity contribution in [3.05, 3.63) is 24.5 Å². The van der Waals surface area contributed by atoms with Crippen LogP contribution in [-0.2, 0) is 0 Å². The van der Waals surface area contributed by atoms with Gasteiger partial charge >= 0.3 is 33.0 Å². The molecular formula is C7H11F6N2P. The van der Waals surface area contributed by atoms with Crippen LogP contribution in [0, 0.1) is 0 Å². The van der Waals surface area contributed by atoms with Gasteiger partial charge in [0.1, 0.15) is 0 Å². The minimum absolute atomic E-state index is 1.22. The third kappa shape index (κ3) is 15.4. The number of aromatic nitrogens is 1. The van der Waals surface area contributed by atoms with Crippen molar-refractivity contribution in [2.45, 2.75) is 0 Å². The Bertz CT molecular complexity index is 320. The topological polar surface area (TPSA) is 17.4 Å². The van der Waals surface area contributed by atoms with Gasteiger partial charge in [-0.1, -0.05) is 0 Å². The Kier molecular flexibility index (Phi) is 3.52. The Balaban J connectivity index is 0.000000293. The SMILES string of the molecule is CN(C)c1cc[nH+]cc1.F[P-](F)(F)(F)(F)F. The first-order valence-electron chi connectivity index (χ1n) is 3.95. The summed E-state index contributed by atoms with van der Waals surface area (Å²) in [6.45, 7) is 0. The molecule has 0 fully saturated rings. The van der Waals surface area contributed by atoms with Gasteiger partial charge in [-0.05, 0) is 0 Å². The molecule has 16 heavy (non-hydrogen) atoms. The molecule has 0 saturated heterocycles. The molecule has 0 aromatic carbocycles. The van der Waals surface area contributed by atoms with E-state index in [4.69, 9.17) is 0 Å². The number of aromatic amines is 1. The van der Waals surface area contributed by atoms with E-state index in [1.165, 1.54) is 5.69 Å². The summed E-state index contributed by atoms with van der Waals surface area (Å²) in [4.78, 5) is 5.02. The Labute approximate surface area is 88.1 Å². The van der Waals surface area contributed by atoms with Crippen molar-refractivity contribution >= 4 is 13.5 Å². The Hall–Kier alpha value is -1.04. The molecule has 96 valence electrons. The first kappa shape index (κ1) is 15.0. The van der Waals surface area contributed by atoms with Gasteiger partial charge in [0.25, 0.3) is 0 Å². The molecule has 1 heterocycles. The van der Waals surface area contributed by atoms with Crippen molar-refractivity contribution in [1.29, 1.82) is 0 Å². The number of hydrogen-bond donors (Lipinski definition) is 0. The number of anilines is 1. The van der Waals surface area contributed by atoms with Gasteiger partial charge in [-0.2, -0.15) is 0 Å². The van der Waals surface area contributed by atoms with Crippen LogP contribution in [0.4, 0.5) is 30.9 Å². The monoisotopic (exact) mass is 268 g/mol. The summed E-state index contributed by atoms with van der Waals surface area (Å²) in [6, 6.07) is 4.06. The van der Waals surface area contributed by atoms with E-state index < -0.39 is 7.81 Å².